The Kier molecular flexibility index (Phi) is 5.57. The number of ketones is 1. The van der Waals surface area contributed by atoms with Crippen LogP contribution in [-0.2, 0) is 10.4 Å². The fourth-order valence-corrected chi connectivity index (χ4v) is 4.00. The smallest absolute Gasteiger partial charge is 0.269 e. The highest BCUT2D eigenvalue weighted by Crippen LogP contribution is 2.48. The zero-order chi connectivity index (χ0) is 23.8. The summed E-state index contributed by atoms with van der Waals surface area (Å²) >= 11 is 0. The third-order valence-electron chi connectivity index (χ3n) is 5.72. The van der Waals surface area contributed by atoms with E-state index in [2.05, 4.69) is 5.32 Å². The van der Waals surface area contributed by atoms with E-state index in [9.17, 15) is 24.8 Å². The van der Waals surface area contributed by atoms with Crippen molar-refractivity contribution in [2.24, 2.45) is 0 Å². The highest BCUT2D eigenvalue weighted by Gasteiger charge is 2.55. The SMILES string of the molecule is COc1ccc(C(=O)[C@H](c2ccc(OC)cc2)[C@]2(O)C(=O)Nc3ccc([N+](=O)[O-])cc32)cc1. The van der Waals surface area contributed by atoms with E-state index in [0.717, 1.165) is 6.07 Å². The van der Waals surface area contributed by atoms with E-state index in [-0.39, 0.29) is 22.5 Å². The summed E-state index contributed by atoms with van der Waals surface area (Å²) in [6, 6.07) is 16.3. The summed E-state index contributed by atoms with van der Waals surface area (Å²) in [5.41, 5.74) is -1.95. The van der Waals surface area contributed by atoms with Gasteiger partial charge in [0.1, 0.15) is 11.5 Å². The first-order valence-electron chi connectivity index (χ1n) is 9.94. The minimum absolute atomic E-state index is 0.0376. The van der Waals surface area contributed by atoms with Gasteiger partial charge < -0.3 is 19.9 Å². The van der Waals surface area contributed by atoms with Gasteiger partial charge in [-0.05, 0) is 48.0 Å². The lowest BCUT2D eigenvalue weighted by molar-refractivity contribution is -0.385. The van der Waals surface area contributed by atoms with Crippen LogP contribution in [0.25, 0.3) is 0 Å². The van der Waals surface area contributed by atoms with Gasteiger partial charge in [0.05, 0.1) is 25.1 Å². The van der Waals surface area contributed by atoms with Crippen LogP contribution in [0.1, 0.15) is 27.4 Å². The Bertz CT molecular complexity index is 1240. The average Bonchev–Trinajstić information content (AvgIpc) is 3.09. The van der Waals surface area contributed by atoms with Gasteiger partial charge in [-0.25, -0.2) is 0 Å². The maximum absolute atomic E-state index is 13.7. The van der Waals surface area contributed by atoms with Crippen molar-refractivity contribution in [3.8, 4) is 11.5 Å². The molecule has 9 heteroatoms. The van der Waals surface area contributed by atoms with Crippen molar-refractivity contribution >= 4 is 23.1 Å². The first-order valence-corrected chi connectivity index (χ1v) is 9.94. The number of nitrogens with zero attached hydrogens (tertiary/aromatic N) is 1. The first kappa shape index (κ1) is 22.0. The minimum Gasteiger partial charge on any atom is -0.497 e. The Labute approximate surface area is 188 Å². The molecule has 0 radical (unpaired) electrons. The summed E-state index contributed by atoms with van der Waals surface area (Å²) in [6.07, 6.45) is 0. The molecule has 2 N–H and O–H groups in total. The zero-order valence-corrected chi connectivity index (χ0v) is 17.8. The van der Waals surface area contributed by atoms with Gasteiger partial charge in [-0.2, -0.15) is 0 Å². The first-order chi connectivity index (χ1) is 15.8. The van der Waals surface area contributed by atoms with Crippen LogP contribution in [0.2, 0.25) is 0 Å². The fraction of sp³-hybridized carbons (Fsp3) is 0.167. The molecule has 1 aliphatic heterocycles. The maximum Gasteiger partial charge on any atom is 0.269 e. The van der Waals surface area contributed by atoms with E-state index >= 15 is 0 Å². The van der Waals surface area contributed by atoms with Crippen molar-refractivity contribution in [3.05, 3.63) is 93.5 Å². The van der Waals surface area contributed by atoms with Gasteiger partial charge in [0.15, 0.2) is 11.4 Å². The molecule has 33 heavy (non-hydrogen) atoms. The number of hydrogen-bond donors (Lipinski definition) is 2. The van der Waals surface area contributed by atoms with Gasteiger partial charge in [0.25, 0.3) is 11.6 Å². The van der Waals surface area contributed by atoms with Gasteiger partial charge in [-0.15, -0.1) is 0 Å². The molecule has 0 aliphatic carbocycles. The molecule has 1 heterocycles. The van der Waals surface area contributed by atoms with Crippen molar-refractivity contribution in [1.29, 1.82) is 0 Å². The third-order valence-corrected chi connectivity index (χ3v) is 5.72. The van der Waals surface area contributed by atoms with E-state index in [1.165, 1.54) is 38.5 Å². The second kappa shape index (κ2) is 8.36. The van der Waals surface area contributed by atoms with Crippen molar-refractivity contribution in [1.82, 2.24) is 0 Å². The molecule has 0 saturated carbocycles. The number of Topliss-reactive ketones (excluding diaryl/α,β-unsaturated/α-hetero) is 1. The normalized spacial score (nSPS) is 17.6. The zero-order valence-electron chi connectivity index (χ0n) is 17.8. The summed E-state index contributed by atoms with van der Waals surface area (Å²) < 4.78 is 10.3. The summed E-state index contributed by atoms with van der Waals surface area (Å²) in [7, 11) is 2.98. The molecule has 4 rings (SSSR count). The number of hydrogen-bond acceptors (Lipinski definition) is 7. The molecule has 0 spiro atoms. The number of amides is 1. The van der Waals surface area contributed by atoms with Crippen molar-refractivity contribution in [3.63, 3.8) is 0 Å². The number of nitro benzene ring substituents is 1. The van der Waals surface area contributed by atoms with Gasteiger partial charge in [0, 0.05) is 28.9 Å². The molecule has 168 valence electrons. The second-order valence-corrected chi connectivity index (χ2v) is 7.51. The summed E-state index contributed by atoms with van der Waals surface area (Å²) in [6.45, 7) is 0. The summed E-state index contributed by atoms with van der Waals surface area (Å²) in [5.74, 6) is -1.72. The minimum atomic E-state index is -2.38. The molecule has 0 saturated heterocycles. The molecule has 1 aliphatic rings. The molecule has 0 unspecified atom stereocenters. The average molecular weight is 448 g/mol. The number of aliphatic hydroxyl groups is 1. The molecular formula is C24H20N2O7. The van der Waals surface area contributed by atoms with Crippen LogP contribution in [0.4, 0.5) is 11.4 Å². The summed E-state index contributed by atoms with van der Waals surface area (Å²) in [5, 5.41) is 25.7. The summed E-state index contributed by atoms with van der Waals surface area (Å²) in [4.78, 5) is 37.5. The molecule has 2 atom stereocenters. The Morgan fingerprint density at radius 1 is 1.00 bits per heavy atom. The lowest BCUT2D eigenvalue weighted by Gasteiger charge is -2.30. The number of ether oxygens (including phenoxy) is 2. The standard InChI is InChI=1S/C24H20N2O7/c1-32-17-8-3-14(4-9-17)21(22(27)15-5-10-18(33-2)11-6-15)24(29)19-13-16(26(30)31)7-12-20(19)25-23(24)28/h3-13,21,29H,1-2H3,(H,25,28)/t21-,24-/m0/s1. The number of rotatable bonds is 7. The van der Waals surface area contributed by atoms with Crippen molar-refractivity contribution in [2.75, 3.05) is 19.5 Å². The van der Waals surface area contributed by atoms with Crippen LogP contribution in [0.5, 0.6) is 11.5 Å². The van der Waals surface area contributed by atoms with Crippen LogP contribution < -0.4 is 14.8 Å². The second-order valence-electron chi connectivity index (χ2n) is 7.51. The third kappa shape index (κ3) is 3.68. The van der Waals surface area contributed by atoms with E-state index in [0.29, 0.717) is 17.1 Å². The molecular weight excluding hydrogens is 428 g/mol. The molecule has 0 aromatic heterocycles. The molecule has 0 bridgehead atoms. The Morgan fingerprint density at radius 2 is 1.58 bits per heavy atom. The van der Waals surface area contributed by atoms with Crippen molar-refractivity contribution < 1.29 is 29.1 Å². The van der Waals surface area contributed by atoms with E-state index in [1.54, 1.807) is 36.4 Å². The Morgan fingerprint density at radius 3 is 2.12 bits per heavy atom. The molecule has 3 aromatic rings. The van der Waals surface area contributed by atoms with Crippen LogP contribution in [0.3, 0.4) is 0 Å². The van der Waals surface area contributed by atoms with E-state index in [4.69, 9.17) is 9.47 Å². The maximum atomic E-state index is 13.7. The highest BCUT2D eigenvalue weighted by atomic mass is 16.6. The van der Waals surface area contributed by atoms with Crippen LogP contribution in [0, 0.1) is 10.1 Å². The lowest BCUT2D eigenvalue weighted by atomic mass is 9.74. The number of carbonyl (C=O) groups is 2. The van der Waals surface area contributed by atoms with E-state index < -0.39 is 28.1 Å². The van der Waals surface area contributed by atoms with Gasteiger partial charge in [-0.3, -0.25) is 19.7 Å². The largest absolute Gasteiger partial charge is 0.497 e. The molecule has 0 fully saturated rings. The number of non-ortho nitro benzene ring substituents is 1. The number of anilines is 1. The van der Waals surface area contributed by atoms with Crippen LogP contribution in [-0.4, -0.2) is 35.9 Å². The van der Waals surface area contributed by atoms with Crippen molar-refractivity contribution in [2.45, 2.75) is 11.5 Å². The van der Waals surface area contributed by atoms with Gasteiger partial charge in [-0.1, -0.05) is 12.1 Å². The topological polar surface area (TPSA) is 128 Å². The monoisotopic (exact) mass is 448 g/mol. The predicted octanol–water partition coefficient (Wildman–Crippen LogP) is 3.42. The number of carbonyl (C=O) groups excluding carboxylic acids is 2. The molecule has 9 nitrogen and oxygen atoms in total. The quantitative estimate of drug-likeness (QED) is 0.322. The predicted molar refractivity (Wildman–Crippen MR) is 119 cm³/mol. The highest BCUT2D eigenvalue weighted by molar-refractivity contribution is 6.12. The number of methoxy groups -OCH3 is 2. The fourth-order valence-electron chi connectivity index (χ4n) is 4.00. The van der Waals surface area contributed by atoms with E-state index in [1.807, 2.05) is 0 Å². The van der Waals surface area contributed by atoms with Gasteiger partial charge in [0.2, 0.25) is 0 Å². The Hall–Kier alpha value is -4.24. The lowest BCUT2D eigenvalue weighted by Crippen LogP contribution is -2.44. The van der Waals surface area contributed by atoms with Gasteiger partial charge >= 0.3 is 0 Å². The molecule has 1 amide bonds. The number of benzene rings is 3. The number of fused-ring (bicyclic) bond motifs is 1. The number of nitrogens with one attached hydrogen (secondary N) is 1. The Balaban J connectivity index is 1.90. The molecule has 3 aromatic carbocycles. The number of nitro groups is 1. The van der Waals surface area contributed by atoms with Crippen LogP contribution >= 0.6 is 0 Å². The van der Waals surface area contributed by atoms with Crippen LogP contribution in [0.15, 0.2) is 66.7 Å².